The van der Waals surface area contributed by atoms with Gasteiger partial charge in [0.1, 0.15) is 0 Å². The van der Waals surface area contributed by atoms with Crippen molar-refractivity contribution in [3.05, 3.63) is 76.6 Å². The highest BCUT2D eigenvalue weighted by Crippen LogP contribution is 2.23. The number of aryl methyl sites for hydroxylation is 1. The Balaban J connectivity index is 1.66. The minimum Gasteiger partial charge on any atom is -0.322 e. The van der Waals surface area contributed by atoms with Crippen LogP contribution in [-0.4, -0.2) is 21.4 Å². The first-order valence-electron chi connectivity index (χ1n) is 8.29. The summed E-state index contributed by atoms with van der Waals surface area (Å²) in [5.41, 5.74) is 3.59. The molecule has 26 heavy (non-hydrogen) atoms. The van der Waals surface area contributed by atoms with Gasteiger partial charge in [-0.15, -0.1) is 11.8 Å². The van der Waals surface area contributed by atoms with Gasteiger partial charge in [0.05, 0.1) is 29.4 Å². The number of thioether (sulfide) groups is 1. The molecule has 0 aliphatic carbocycles. The zero-order chi connectivity index (χ0) is 18.5. The zero-order valence-corrected chi connectivity index (χ0v) is 16.3. The standard InChI is InChI=1S/C20H20ClN3OS/c1-14-20(22-19(25)13-26-18-9-4-3-5-10-18)15(2)24(23-14)12-16-7-6-8-17(21)11-16/h3-11H,12-13H2,1-2H3,(H,22,25). The van der Waals surface area contributed by atoms with Crippen LogP contribution in [-0.2, 0) is 11.3 Å². The summed E-state index contributed by atoms with van der Waals surface area (Å²) in [6.07, 6.45) is 0. The van der Waals surface area contributed by atoms with Gasteiger partial charge in [-0.2, -0.15) is 5.10 Å². The Bertz CT molecular complexity index is 909. The summed E-state index contributed by atoms with van der Waals surface area (Å²) in [5.74, 6) is 0.329. The van der Waals surface area contributed by atoms with E-state index in [2.05, 4.69) is 10.4 Å². The molecule has 0 bridgehead atoms. The van der Waals surface area contributed by atoms with E-state index in [1.165, 1.54) is 11.8 Å². The van der Waals surface area contributed by atoms with Crippen LogP contribution < -0.4 is 5.32 Å². The van der Waals surface area contributed by atoms with Crippen LogP contribution in [0.2, 0.25) is 5.02 Å². The van der Waals surface area contributed by atoms with Crippen molar-refractivity contribution in [1.29, 1.82) is 0 Å². The molecular weight excluding hydrogens is 366 g/mol. The van der Waals surface area contributed by atoms with Crippen molar-refractivity contribution in [2.24, 2.45) is 0 Å². The number of halogens is 1. The maximum absolute atomic E-state index is 12.3. The van der Waals surface area contributed by atoms with Crippen molar-refractivity contribution in [2.45, 2.75) is 25.3 Å². The van der Waals surface area contributed by atoms with E-state index in [9.17, 15) is 4.79 Å². The quantitative estimate of drug-likeness (QED) is 0.612. The molecule has 1 N–H and O–H groups in total. The smallest absolute Gasteiger partial charge is 0.234 e. The highest BCUT2D eigenvalue weighted by molar-refractivity contribution is 8.00. The van der Waals surface area contributed by atoms with E-state index in [-0.39, 0.29) is 5.91 Å². The van der Waals surface area contributed by atoms with Gasteiger partial charge in [0.2, 0.25) is 5.91 Å². The highest BCUT2D eigenvalue weighted by atomic mass is 35.5. The molecule has 1 amide bonds. The number of nitrogens with zero attached hydrogens (tertiary/aromatic N) is 2. The number of anilines is 1. The van der Waals surface area contributed by atoms with Crippen LogP contribution in [0.4, 0.5) is 5.69 Å². The normalized spacial score (nSPS) is 10.7. The van der Waals surface area contributed by atoms with Gasteiger partial charge in [-0.05, 0) is 43.7 Å². The van der Waals surface area contributed by atoms with Gasteiger partial charge in [-0.1, -0.05) is 41.9 Å². The van der Waals surface area contributed by atoms with Gasteiger partial charge >= 0.3 is 0 Å². The first-order chi connectivity index (χ1) is 12.5. The second-order valence-corrected chi connectivity index (χ2v) is 7.47. The second-order valence-electron chi connectivity index (χ2n) is 5.98. The summed E-state index contributed by atoms with van der Waals surface area (Å²) in [4.78, 5) is 13.4. The molecule has 0 unspecified atom stereocenters. The monoisotopic (exact) mass is 385 g/mol. The Labute approximate surface area is 162 Å². The van der Waals surface area contributed by atoms with Gasteiger partial charge in [-0.3, -0.25) is 9.48 Å². The lowest BCUT2D eigenvalue weighted by Crippen LogP contribution is -2.15. The predicted octanol–water partition coefficient (Wildman–Crippen LogP) is 4.93. The third kappa shape index (κ3) is 4.68. The highest BCUT2D eigenvalue weighted by Gasteiger charge is 2.14. The number of benzene rings is 2. The molecule has 6 heteroatoms. The fourth-order valence-corrected chi connectivity index (χ4v) is 3.61. The number of hydrogen-bond donors (Lipinski definition) is 1. The predicted molar refractivity (Wildman–Crippen MR) is 108 cm³/mol. The summed E-state index contributed by atoms with van der Waals surface area (Å²) in [6, 6.07) is 17.6. The molecule has 3 aromatic rings. The van der Waals surface area contributed by atoms with Crippen molar-refractivity contribution < 1.29 is 4.79 Å². The molecule has 0 saturated carbocycles. The molecule has 0 aliphatic rings. The molecule has 134 valence electrons. The Hall–Kier alpha value is -2.24. The van der Waals surface area contributed by atoms with E-state index in [1.54, 1.807) is 0 Å². The molecule has 0 saturated heterocycles. The maximum atomic E-state index is 12.3. The average Bonchev–Trinajstić information content (AvgIpc) is 2.88. The van der Waals surface area contributed by atoms with E-state index >= 15 is 0 Å². The van der Waals surface area contributed by atoms with Crippen molar-refractivity contribution in [3.63, 3.8) is 0 Å². The van der Waals surface area contributed by atoms with Gasteiger partial charge in [0, 0.05) is 9.92 Å². The van der Waals surface area contributed by atoms with E-state index in [0.717, 1.165) is 27.5 Å². The minimum absolute atomic E-state index is 0.0349. The topological polar surface area (TPSA) is 46.9 Å². The molecular formula is C20H20ClN3OS. The third-order valence-corrected chi connectivity index (χ3v) is 5.23. The summed E-state index contributed by atoms with van der Waals surface area (Å²) < 4.78 is 1.89. The van der Waals surface area contributed by atoms with E-state index in [0.29, 0.717) is 17.3 Å². The number of carbonyl (C=O) groups is 1. The largest absolute Gasteiger partial charge is 0.322 e. The maximum Gasteiger partial charge on any atom is 0.234 e. The average molecular weight is 386 g/mol. The number of amides is 1. The number of hydrogen-bond acceptors (Lipinski definition) is 3. The Kier molecular flexibility index (Phi) is 6.01. The molecule has 0 radical (unpaired) electrons. The summed E-state index contributed by atoms with van der Waals surface area (Å²) in [6.45, 7) is 4.48. The molecule has 1 aromatic heterocycles. The Morgan fingerprint density at radius 2 is 1.92 bits per heavy atom. The summed E-state index contributed by atoms with van der Waals surface area (Å²) in [7, 11) is 0. The van der Waals surface area contributed by atoms with Gasteiger partial charge < -0.3 is 5.32 Å². The van der Waals surface area contributed by atoms with Gasteiger partial charge in [0.15, 0.2) is 0 Å². The van der Waals surface area contributed by atoms with Crippen LogP contribution in [0.3, 0.4) is 0 Å². The zero-order valence-electron chi connectivity index (χ0n) is 14.7. The first-order valence-corrected chi connectivity index (χ1v) is 9.65. The number of rotatable bonds is 6. The van der Waals surface area contributed by atoms with Crippen LogP contribution in [0.1, 0.15) is 17.0 Å². The fourth-order valence-electron chi connectivity index (χ4n) is 2.68. The van der Waals surface area contributed by atoms with Crippen molar-refractivity contribution in [1.82, 2.24) is 9.78 Å². The van der Waals surface area contributed by atoms with Crippen molar-refractivity contribution >= 4 is 35.0 Å². The minimum atomic E-state index is -0.0349. The Morgan fingerprint density at radius 1 is 1.15 bits per heavy atom. The van der Waals surface area contributed by atoms with Crippen molar-refractivity contribution in [2.75, 3.05) is 11.1 Å². The van der Waals surface area contributed by atoms with Crippen LogP contribution in [0.5, 0.6) is 0 Å². The van der Waals surface area contributed by atoms with E-state index in [4.69, 9.17) is 11.6 Å². The van der Waals surface area contributed by atoms with Crippen LogP contribution in [0.25, 0.3) is 0 Å². The number of aromatic nitrogens is 2. The molecule has 0 atom stereocenters. The van der Waals surface area contributed by atoms with Gasteiger partial charge in [-0.25, -0.2) is 0 Å². The lowest BCUT2D eigenvalue weighted by atomic mass is 10.2. The molecule has 0 fully saturated rings. The van der Waals surface area contributed by atoms with Crippen molar-refractivity contribution in [3.8, 4) is 0 Å². The molecule has 0 spiro atoms. The molecule has 3 rings (SSSR count). The number of carbonyl (C=O) groups excluding carboxylic acids is 1. The summed E-state index contributed by atoms with van der Waals surface area (Å²) >= 11 is 7.57. The van der Waals surface area contributed by atoms with Crippen LogP contribution >= 0.6 is 23.4 Å². The fraction of sp³-hybridized carbons (Fsp3) is 0.200. The van der Waals surface area contributed by atoms with Crippen LogP contribution in [0, 0.1) is 13.8 Å². The lowest BCUT2D eigenvalue weighted by molar-refractivity contribution is -0.113. The second kappa shape index (κ2) is 8.43. The first kappa shape index (κ1) is 18.5. The molecule has 0 aliphatic heterocycles. The Morgan fingerprint density at radius 3 is 2.65 bits per heavy atom. The molecule has 4 nitrogen and oxygen atoms in total. The molecule has 1 heterocycles. The number of nitrogens with one attached hydrogen (secondary N) is 1. The summed E-state index contributed by atoms with van der Waals surface area (Å²) in [5, 5.41) is 8.26. The SMILES string of the molecule is Cc1nn(Cc2cccc(Cl)c2)c(C)c1NC(=O)CSc1ccccc1. The van der Waals surface area contributed by atoms with Gasteiger partial charge in [0.25, 0.3) is 0 Å². The van der Waals surface area contributed by atoms with E-state index in [1.807, 2.05) is 73.1 Å². The lowest BCUT2D eigenvalue weighted by Gasteiger charge is -2.08. The van der Waals surface area contributed by atoms with Crippen LogP contribution in [0.15, 0.2) is 59.5 Å². The third-order valence-electron chi connectivity index (χ3n) is 3.98. The van der Waals surface area contributed by atoms with E-state index < -0.39 is 0 Å². The molecule has 2 aromatic carbocycles.